The molecule has 0 bridgehead atoms. The summed E-state index contributed by atoms with van der Waals surface area (Å²) in [6.45, 7) is 3.24. The van der Waals surface area contributed by atoms with Crippen molar-refractivity contribution in [2.75, 3.05) is 4.72 Å². The van der Waals surface area contributed by atoms with E-state index in [1.807, 2.05) is 0 Å². The number of nitrogens with one attached hydrogen (secondary N) is 1. The van der Waals surface area contributed by atoms with E-state index in [0.29, 0.717) is 11.1 Å². The lowest BCUT2D eigenvalue weighted by atomic mass is 10.1. The smallest absolute Gasteiger partial charge is 0.335 e. The van der Waals surface area contributed by atoms with Crippen molar-refractivity contribution in [2.45, 2.75) is 18.7 Å². The normalized spacial score (nSPS) is 11.1. The molecule has 2 rings (SSSR count). The van der Waals surface area contributed by atoms with Crippen molar-refractivity contribution in [1.82, 2.24) is 0 Å². The number of aromatic carboxylic acids is 1. The molecule has 0 atom stereocenters. The van der Waals surface area contributed by atoms with Crippen LogP contribution in [0.2, 0.25) is 0 Å². The number of rotatable bonds is 5. The van der Waals surface area contributed by atoms with E-state index in [9.17, 15) is 18.0 Å². The van der Waals surface area contributed by atoms with Gasteiger partial charge in [0.15, 0.2) is 0 Å². The second kappa shape index (κ2) is 6.32. The van der Waals surface area contributed by atoms with Crippen LogP contribution in [0.1, 0.15) is 31.8 Å². The van der Waals surface area contributed by atoms with Gasteiger partial charge in [-0.2, -0.15) is 0 Å². The van der Waals surface area contributed by atoms with Crippen LogP contribution < -0.4 is 10.5 Å². The minimum Gasteiger partial charge on any atom is -0.478 e. The third-order valence-corrected chi connectivity index (χ3v) is 5.09. The predicted molar refractivity (Wildman–Crippen MR) is 88.6 cm³/mol. The molecular formula is C16H16N2O5S. The zero-order valence-electron chi connectivity index (χ0n) is 13.0. The third-order valence-electron chi connectivity index (χ3n) is 3.58. The molecule has 1 amide bonds. The van der Waals surface area contributed by atoms with Crippen LogP contribution in [0.3, 0.4) is 0 Å². The van der Waals surface area contributed by atoms with Crippen molar-refractivity contribution < 1.29 is 23.1 Å². The molecule has 126 valence electrons. The average molecular weight is 348 g/mol. The highest BCUT2D eigenvalue weighted by Gasteiger charge is 2.21. The molecule has 24 heavy (non-hydrogen) atoms. The lowest BCUT2D eigenvalue weighted by Crippen LogP contribution is -2.16. The van der Waals surface area contributed by atoms with Crippen LogP contribution in [-0.4, -0.2) is 25.4 Å². The lowest BCUT2D eigenvalue weighted by Gasteiger charge is -2.13. The maximum absolute atomic E-state index is 12.6. The first-order chi connectivity index (χ1) is 11.1. The monoisotopic (exact) mass is 348 g/mol. The number of hydrogen-bond acceptors (Lipinski definition) is 4. The molecule has 0 heterocycles. The van der Waals surface area contributed by atoms with E-state index in [1.54, 1.807) is 13.8 Å². The van der Waals surface area contributed by atoms with Crippen molar-refractivity contribution in [1.29, 1.82) is 0 Å². The van der Waals surface area contributed by atoms with E-state index in [0.717, 1.165) is 6.07 Å². The van der Waals surface area contributed by atoms with Gasteiger partial charge in [-0.15, -0.1) is 0 Å². The molecule has 0 aromatic heterocycles. The number of benzene rings is 2. The number of carboxylic acids is 1. The number of sulfonamides is 1. The largest absolute Gasteiger partial charge is 0.478 e. The molecule has 7 nitrogen and oxygen atoms in total. The van der Waals surface area contributed by atoms with Crippen molar-refractivity contribution in [2.24, 2.45) is 5.73 Å². The Hall–Kier alpha value is -2.87. The molecule has 0 saturated carbocycles. The van der Waals surface area contributed by atoms with Gasteiger partial charge in [0.2, 0.25) is 5.91 Å². The first-order valence-corrected chi connectivity index (χ1v) is 8.37. The molecule has 0 spiro atoms. The molecule has 0 aliphatic heterocycles. The number of nitrogens with two attached hydrogens (primary N) is 1. The molecule has 8 heteroatoms. The van der Waals surface area contributed by atoms with Crippen LogP contribution >= 0.6 is 0 Å². The Morgan fingerprint density at radius 3 is 2.12 bits per heavy atom. The summed E-state index contributed by atoms with van der Waals surface area (Å²) in [5.74, 6) is -1.83. The minimum absolute atomic E-state index is 0.109. The fourth-order valence-corrected chi connectivity index (χ4v) is 3.54. The third kappa shape index (κ3) is 3.54. The van der Waals surface area contributed by atoms with E-state index >= 15 is 0 Å². The SMILES string of the molecule is Cc1cc(C(=O)O)cc(S(=O)(=O)Nc2ccc(C(N)=O)cc2)c1C. The van der Waals surface area contributed by atoms with Gasteiger partial charge in [-0.05, 0) is 61.4 Å². The van der Waals surface area contributed by atoms with Gasteiger partial charge < -0.3 is 10.8 Å². The maximum Gasteiger partial charge on any atom is 0.335 e. The number of carboxylic acid groups (broad SMARTS) is 1. The summed E-state index contributed by atoms with van der Waals surface area (Å²) >= 11 is 0. The van der Waals surface area contributed by atoms with Gasteiger partial charge in [-0.25, -0.2) is 13.2 Å². The van der Waals surface area contributed by atoms with E-state index in [4.69, 9.17) is 10.8 Å². The first-order valence-electron chi connectivity index (χ1n) is 6.89. The molecule has 0 unspecified atom stereocenters. The number of amides is 1. The number of aryl methyl sites for hydroxylation is 1. The summed E-state index contributed by atoms with van der Waals surface area (Å²) in [5, 5.41) is 9.10. The van der Waals surface area contributed by atoms with Gasteiger partial charge in [0.05, 0.1) is 10.5 Å². The zero-order valence-corrected chi connectivity index (χ0v) is 13.8. The second-order valence-corrected chi connectivity index (χ2v) is 6.92. The van der Waals surface area contributed by atoms with Crippen LogP contribution in [0.5, 0.6) is 0 Å². The van der Waals surface area contributed by atoms with Crippen molar-refractivity contribution in [3.63, 3.8) is 0 Å². The Morgan fingerprint density at radius 2 is 1.62 bits per heavy atom. The Morgan fingerprint density at radius 1 is 1.04 bits per heavy atom. The number of anilines is 1. The molecule has 4 N–H and O–H groups in total. The summed E-state index contributed by atoms with van der Waals surface area (Å²) in [6.07, 6.45) is 0. The Bertz CT molecular complexity index is 918. The highest BCUT2D eigenvalue weighted by atomic mass is 32.2. The van der Waals surface area contributed by atoms with Crippen LogP contribution in [0, 0.1) is 13.8 Å². The van der Waals surface area contributed by atoms with Crippen molar-refractivity contribution in [3.05, 3.63) is 58.7 Å². The number of hydrogen-bond donors (Lipinski definition) is 3. The van der Waals surface area contributed by atoms with E-state index in [2.05, 4.69) is 4.72 Å². The predicted octanol–water partition coefficient (Wildman–Crippen LogP) is 1.90. The van der Waals surface area contributed by atoms with Crippen molar-refractivity contribution >= 4 is 27.6 Å². The van der Waals surface area contributed by atoms with Gasteiger partial charge >= 0.3 is 5.97 Å². The Labute approximate surface area is 139 Å². The van der Waals surface area contributed by atoms with Gasteiger partial charge in [-0.1, -0.05) is 0 Å². The maximum atomic E-state index is 12.6. The summed E-state index contributed by atoms with van der Waals surface area (Å²) in [4.78, 5) is 22.1. The topological polar surface area (TPSA) is 127 Å². The average Bonchev–Trinajstić information content (AvgIpc) is 2.49. The summed E-state index contributed by atoms with van der Waals surface area (Å²) in [7, 11) is -3.99. The fourth-order valence-electron chi connectivity index (χ4n) is 2.14. The standard InChI is InChI=1S/C16H16N2O5S/c1-9-7-12(16(20)21)8-14(10(9)2)24(22,23)18-13-5-3-11(4-6-13)15(17)19/h3-8,18H,1-2H3,(H2,17,19)(H,20,21). The van der Waals surface area contributed by atoms with E-state index in [-0.39, 0.29) is 21.7 Å². The van der Waals surface area contributed by atoms with Gasteiger partial charge in [0, 0.05) is 11.3 Å². The van der Waals surface area contributed by atoms with Crippen molar-refractivity contribution in [3.8, 4) is 0 Å². The first kappa shape index (κ1) is 17.5. The molecule has 0 fully saturated rings. The highest BCUT2D eigenvalue weighted by molar-refractivity contribution is 7.92. The van der Waals surface area contributed by atoms with Crippen LogP contribution in [0.15, 0.2) is 41.3 Å². The number of carbonyl (C=O) groups excluding carboxylic acids is 1. The molecule has 0 radical (unpaired) electrons. The zero-order chi connectivity index (χ0) is 18.1. The second-order valence-electron chi connectivity index (χ2n) is 5.27. The van der Waals surface area contributed by atoms with Crippen LogP contribution in [-0.2, 0) is 10.0 Å². The Balaban J connectivity index is 2.43. The van der Waals surface area contributed by atoms with Gasteiger partial charge in [0.25, 0.3) is 10.0 Å². The summed E-state index contributed by atoms with van der Waals surface area (Å²) < 4.78 is 27.5. The van der Waals surface area contributed by atoms with Gasteiger partial charge in [-0.3, -0.25) is 9.52 Å². The van der Waals surface area contributed by atoms with Crippen LogP contribution in [0.4, 0.5) is 5.69 Å². The van der Waals surface area contributed by atoms with E-state index in [1.165, 1.54) is 30.3 Å². The molecule has 0 aliphatic rings. The highest BCUT2D eigenvalue weighted by Crippen LogP contribution is 2.24. The summed E-state index contributed by atoms with van der Waals surface area (Å²) in [5.41, 5.74) is 6.52. The van der Waals surface area contributed by atoms with E-state index < -0.39 is 21.9 Å². The number of primary amides is 1. The lowest BCUT2D eigenvalue weighted by molar-refractivity contribution is 0.0696. The molecule has 0 aliphatic carbocycles. The molecule has 2 aromatic rings. The Kier molecular flexibility index (Phi) is 4.61. The van der Waals surface area contributed by atoms with Crippen LogP contribution in [0.25, 0.3) is 0 Å². The molecular weight excluding hydrogens is 332 g/mol. The quantitative estimate of drug-likeness (QED) is 0.760. The fraction of sp³-hybridized carbons (Fsp3) is 0.125. The number of carbonyl (C=O) groups is 2. The van der Waals surface area contributed by atoms with Gasteiger partial charge in [0.1, 0.15) is 0 Å². The molecule has 0 saturated heterocycles. The summed E-state index contributed by atoms with van der Waals surface area (Å²) in [6, 6.07) is 8.13. The molecule has 2 aromatic carbocycles. The minimum atomic E-state index is -3.99.